The van der Waals surface area contributed by atoms with Crippen molar-refractivity contribution in [2.45, 2.75) is 62.5 Å². The molecule has 0 amide bonds. The van der Waals surface area contributed by atoms with E-state index in [0.29, 0.717) is 98.2 Å². The number of nitrogens with zero attached hydrogens (tertiary/aromatic N) is 6. The van der Waals surface area contributed by atoms with Gasteiger partial charge in [0.2, 0.25) is 0 Å². The van der Waals surface area contributed by atoms with Crippen molar-refractivity contribution in [1.29, 1.82) is 0 Å². The van der Waals surface area contributed by atoms with Crippen LogP contribution in [-0.4, -0.2) is 238 Å². The van der Waals surface area contributed by atoms with Crippen molar-refractivity contribution in [3.8, 4) is 5.75 Å². The molecule has 5 saturated heterocycles. The number of rotatable bonds is 23. The van der Waals surface area contributed by atoms with Crippen LogP contribution in [0.15, 0.2) is 30.3 Å². The van der Waals surface area contributed by atoms with Gasteiger partial charge in [-0.2, -0.15) is 4.39 Å². The number of halogens is 4. The first kappa shape index (κ1) is 50.5. The minimum atomic E-state index is -5.55. The van der Waals surface area contributed by atoms with Crippen molar-refractivity contribution >= 4 is 0 Å². The Labute approximate surface area is 369 Å². The lowest BCUT2D eigenvalue weighted by Crippen LogP contribution is -2.87. The molecule has 362 valence electrons. The fraction of sp³-hybridized carbons (Fsp3) is 0.857. The monoisotopic (exact) mass is 911 g/mol. The third-order valence-corrected chi connectivity index (χ3v) is 12.1. The van der Waals surface area contributed by atoms with E-state index >= 15 is 17.6 Å². The highest BCUT2D eigenvalue weighted by molar-refractivity contribution is 5.23. The lowest BCUT2D eigenvalue weighted by atomic mass is 9.97. The van der Waals surface area contributed by atoms with Crippen LogP contribution >= 0.6 is 0 Å². The molecule has 17 nitrogen and oxygen atoms in total. The smallest absolute Gasteiger partial charge is 0.445 e. The summed E-state index contributed by atoms with van der Waals surface area (Å²) in [6.45, 7) is 8.04. The SMILES string of the molecule is CCOC(OC(F)(F)F)(OC(F)(OCCCN1CCOCC1)OCCN1CCOCC1)C(OC)(N1CCOCC1)C(Oc1ccccc1)(OC1CCN(C)CC1)N1CCN(C)CC1. The van der Waals surface area contributed by atoms with E-state index in [-0.39, 0.29) is 71.3 Å². The summed E-state index contributed by atoms with van der Waals surface area (Å²) in [4.78, 5) is 11.7. The molecule has 63 heavy (non-hydrogen) atoms. The van der Waals surface area contributed by atoms with Crippen LogP contribution in [0, 0.1) is 0 Å². The maximum absolute atomic E-state index is 18.3. The average Bonchev–Trinajstić information content (AvgIpc) is 3.27. The van der Waals surface area contributed by atoms with Crippen LogP contribution in [0.4, 0.5) is 17.6 Å². The highest BCUT2D eigenvalue weighted by Gasteiger charge is 2.80. The van der Waals surface area contributed by atoms with Gasteiger partial charge < -0.3 is 43.0 Å². The van der Waals surface area contributed by atoms with Crippen molar-refractivity contribution < 1.29 is 69.7 Å². The molecule has 1 aromatic carbocycles. The zero-order chi connectivity index (χ0) is 44.8. The Hall–Kier alpha value is -1.90. The van der Waals surface area contributed by atoms with Crippen molar-refractivity contribution in [1.82, 2.24) is 29.4 Å². The third-order valence-electron chi connectivity index (χ3n) is 12.1. The minimum absolute atomic E-state index is 0.0482. The molecular weight excluding hydrogens is 840 g/mol. The van der Waals surface area contributed by atoms with E-state index in [2.05, 4.69) is 14.7 Å². The number of para-hydroxylation sites is 1. The molecule has 0 aliphatic carbocycles. The van der Waals surface area contributed by atoms with Gasteiger partial charge in [0.25, 0.3) is 5.72 Å². The number of likely N-dealkylation sites (tertiary alicyclic amines) is 1. The highest BCUT2D eigenvalue weighted by atomic mass is 19.4. The van der Waals surface area contributed by atoms with Gasteiger partial charge >= 0.3 is 24.5 Å². The van der Waals surface area contributed by atoms with Crippen LogP contribution in [0.1, 0.15) is 26.2 Å². The van der Waals surface area contributed by atoms with E-state index in [1.165, 1.54) is 18.9 Å². The van der Waals surface area contributed by atoms with Crippen molar-refractivity contribution in [3.05, 3.63) is 30.3 Å². The standard InChI is InChI=1S/C42H70F4N6O11/c1-5-57-40(62-41(43,44)45,63-42(46,59-35-25-50-23-31-55-32-24-50)58-28-9-14-49-21-29-54-30-22-49)38(53-4,51-26-33-56-34-27-51)39(52-19-17-48(3)18-20-52,60-36-10-7-6-8-11-36)61-37-12-15-47(2)16-13-37/h6-8,10-11,37H,5,9,12-35H2,1-4H3. The molecule has 0 spiro atoms. The third kappa shape index (κ3) is 13.2. The van der Waals surface area contributed by atoms with Crippen LogP contribution < -0.4 is 4.74 Å². The number of piperazine rings is 1. The topological polar surface area (TPSA) is 121 Å². The molecule has 0 aromatic heterocycles. The second kappa shape index (κ2) is 23.7. The number of methoxy groups -OCH3 is 1. The van der Waals surface area contributed by atoms with Gasteiger partial charge in [-0.05, 0) is 52.4 Å². The minimum Gasteiger partial charge on any atom is -0.445 e. The zero-order valence-corrected chi connectivity index (χ0v) is 37.5. The van der Waals surface area contributed by atoms with Crippen molar-refractivity contribution in [2.24, 2.45) is 0 Å². The van der Waals surface area contributed by atoms with Gasteiger partial charge in [0.15, 0.2) is 0 Å². The summed E-state index contributed by atoms with van der Waals surface area (Å²) in [7, 11) is 5.14. The van der Waals surface area contributed by atoms with Crippen LogP contribution in [0.3, 0.4) is 0 Å². The molecule has 0 saturated carbocycles. The molecule has 5 fully saturated rings. The van der Waals surface area contributed by atoms with E-state index in [0.717, 1.165) is 0 Å². The molecule has 5 aliphatic rings. The second-order valence-electron chi connectivity index (χ2n) is 16.4. The molecule has 4 unspecified atom stereocenters. The number of ether oxygens (including phenoxy) is 11. The fourth-order valence-corrected chi connectivity index (χ4v) is 8.80. The van der Waals surface area contributed by atoms with Gasteiger partial charge in [-0.15, -0.1) is 13.2 Å². The van der Waals surface area contributed by atoms with Crippen LogP contribution in [0.2, 0.25) is 0 Å². The van der Waals surface area contributed by atoms with E-state index < -0.39 is 42.9 Å². The molecule has 1 aromatic rings. The first-order valence-electron chi connectivity index (χ1n) is 22.4. The molecule has 6 rings (SSSR count). The second-order valence-corrected chi connectivity index (χ2v) is 16.4. The first-order valence-corrected chi connectivity index (χ1v) is 22.4. The molecule has 21 heteroatoms. The Morgan fingerprint density at radius 1 is 0.635 bits per heavy atom. The molecule has 5 aliphatic heterocycles. The summed E-state index contributed by atoms with van der Waals surface area (Å²) >= 11 is 0. The largest absolute Gasteiger partial charge is 0.526 e. The Bertz CT molecular complexity index is 1450. The number of morpholine rings is 3. The number of likely N-dealkylation sites (N-methyl/N-ethyl adjacent to an activating group) is 1. The molecular formula is C42H70F4N6O11. The number of alkyl halides is 4. The number of hydrogen-bond donors (Lipinski definition) is 0. The maximum Gasteiger partial charge on any atom is 0.526 e. The van der Waals surface area contributed by atoms with Gasteiger partial charge in [-0.1, -0.05) is 18.2 Å². The molecule has 0 N–H and O–H groups in total. The van der Waals surface area contributed by atoms with Crippen molar-refractivity contribution in [2.75, 3.05) is 172 Å². The predicted octanol–water partition coefficient (Wildman–Crippen LogP) is 2.66. The first-order chi connectivity index (χ1) is 30.3. The van der Waals surface area contributed by atoms with Gasteiger partial charge in [-0.3, -0.25) is 24.2 Å². The van der Waals surface area contributed by atoms with E-state index in [9.17, 15) is 0 Å². The van der Waals surface area contributed by atoms with Gasteiger partial charge in [0.1, 0.15) is 5.75 Å². The Balaban J connectivity index is 1.54. The summed E-state index contributed by atoms with van der Waals surface area (Å²) < 4.78 is 133. The van der Waals surface area contributed by atoms with Gasteiger partial charge in [-0.25, -0.2) is 14.4 Å². The summed E-state index contributed by atoms with van der Waals surface area (Å²) in [5.41, 5.74) is -2.80. The van der Waals surface area contributed by atoms with E-state index in [1.54, 1.807) is 35.2 Å². The zero-order valence-electron chi connectivity index (χ0n) is 37.5. The summed E-state index contributed by atoms with van der Waals surface area (Å²) in [6.07, 6.45) is -8.61. The maximum atomic E-state index is 18.3. The lowest BCUT2D eigenvalue weighted by molar-refractivity contribution is -0.630. The van der Waals surface area contributed by atoms with Crippen LogP contribution in [0.25, 0.3) is 0 Å². The lowest BCUT2D eigenvalue weighted by Gasteiger charge is -2.62. The van der Waals surface area contributed by atoms with Gasteiger partial charge in [0, 0.05) is 105 Å². The van der Waals surface area contributed by atoms with Crippen LogP contribution in [-0.2, 0) is 47.4 Å². The number of benzene rings is 1. The van der Waals surface area contributed by atoms with Gasteiger partial charge in [0.05, 0.1) is 59.0 Å². The van der Waals surface area contributed by atoms with E-state index in [1.807, 2.05) is 19.0 Å². The molecule has 4 atom stereocenters. The number of hydrogen-bond acceptors (Lipinski definition) is 17. The molecule has 5 heterocycles. The quantitative estimate of drug-likeness (QED) is 0.0909. The average molecular weight is 911 g/mol. The number of piperidine rings is 1. The normalized spacial score (nSPS) is 25.5. The summed E-state index contributed by atoms with van der Waals surface area (Å²) in [5, 5.41) is 0. The Morgan fingerprint density at radius 3 is 1.76 bits per heavy atom. The molecule has 0 radical (unpaired) electrons. The Morgan fingerprint density at radius 2 is 1.19 bits per heavy atom. The summed E-state index contributed by atoms with van der Waals surface area (Å²) in [6, 6.07) is 8.60. The fourth-order valence-electron chi connectivity index (χ4n) is 8.80. The predicted molar refractivity (Wildman–Crippen MR) is 220 cm³/mol. The Kier molecular flexibility index (Phi) is 19.0. The highest BCUT2D eigenvalue weighted by Crippen LogP contribution is 2.53. The molecule has 0 bridgehead atoms. The summed E-state index contributed by atoms with van der Waals surface area (Å²) in [5.74, 6) is -5.84. The van der Waals surface area contributed by atoms with Crippen LogP contribution in [0.5, 0.6) is 5.75 Å². The van der Waals surface area contributed by atoms with E-state index in [4.69, 9.17) is 52.1 Å². The van der Waals surface area contributed by atoms with Crippen molar-refractivity contribution in [3.63, 3.8) is 0 Å².